The number of carbonyl (C=O) groups excluding carboxylic acids is 1. The maximum atomic E-state index is 12.1. The minimum Gasteiger partial charge on any atom is -0.492 e. The number of amides is 1. The van der Waals surface area contributed by atoms with E-state index in [1.54, 1.807) is 12.1 Å². The van der Waals surface area contributed by atoms with Gasteiger partial charge in [0.1, 0.15) is 12.4 Å². The first-order valence-corrected chi connectivity index (χ1v) is 11.6. The predicted octanol–water partition coefficient (Wildman–Crippen LogP) is 5.82. The molecule has 0 aliphatic heterocycles. The lowest BCUT2D eigenvalue weighted by atomic mass is 9.76. The van der Waals surface area contributed by atoms with Gasteiger partial charge in [-0.1, -0.05) is 53.5 Å². The van der Waals surface area contributed by atoms with Gasteiger partial charge in [-0.3, -0.25) is 4.79 Å². The molecule has 1 aliphatic rings. The van der Waals surface area contributed by atoms with Gasteiger partial charge < -0.3 is 15.8 Å². The van der Waals surface area contributed by atoms with Crippen molar-refractivity contribution in [2.45, 2.75) is 31.2 Å². The van der Waals surface area contributed by atoms with Gasteiger partial charge in [-0.2, -0.15) is 0 Å². The summed E-state index contributed by atoms with van der Waals surface area (Å²) in [7, 11) is 0. The molecule has 7 heteroatoms. The van der Waals surface area contributed by atoms with Crippen molar-refractivity contribution in [1.82, 2.24) is 5.32 Å². The van der Waals surface area contributed by atoms with E-state index >= 15 is 0 Å². The third kappa shape index (κ3) is 6.42. The van der Waals surface area contributed by atoms with Crippen molar-refractivity contribution in [3.63, 3.8) is 0 Å². The monoisotopic (exact) mass is 504 g/mol. The second-order valence-corrected chi connectivity index (χ2v) is 8.91. The summed E-state index contributed by atoms with van der Waals surface area (Å²) in [6.45, 7) is 0.817. The summed E-state index contributed by atoms with van der Waals surface area (Å²) in [6, 6.07) is 21.2. The highest BCUT2D eigenvalue weighted by Crippen LogP contribution is 2.36. The predicted molar refractivity (Wildman–Crippen MR) is 137 cm³/mol. The Bertz CT molecular complexity index is 1090. The number of rotatable bonds is 7. The molecule has 0 spiro atoms. The van der Waals surface area contributed by atoms with Gasteiger partial charge in [0.15, 0.2) is 0 Å². The zero-order valence-electron chi connectivity index (χ0n) is 18.1. The van der Waals surface area contributed by atoms with E-state index in [-0.39, 0.29) is 30.3 Å². The number of hydrogen-bond acceptors (Lipinski definition) is 3. The Labute approximate surface area is 210 Å². The average molecular weight is 506 g/mol. The van der Waals surface area contributed by atoms with E-state index in [0.29, 0.717) is 28.8 Å². The molecule has 0 bridgehead atoms. The third-order valence-electron chi connectivity index (χ3n) is 5.91. The highest BCUT2D eigenvalue weighted by Gasteiger charge is 2.28. The number of hydrogen-bond donors (Lipinski definition) is 2. The van der Waals surface area contributed by atoms with Crippen molar-refractivity contribution in [2.75, 3.05) is 13.2 Å². The topological polar surface area (TPSA) is 64.3 Å². The molecule has 3 aromatic rings. The smallest absolute Gasteiger partial charge is 0.251 e. The zero-order chi connectivity index (χ0) is 22.5. The van der Waals surface area contributed by atoms with Gasteiger partial charge in [-0.15, -0.1) is 12.4 Å². The number of aryl methyl sites for hydroxylation is 1. The van der Waals surface area contributed by atoms with Crippen molar-refractivity contribution in [3.05, 3.63) is 99.0 Å². The molecular weight excluding hydrogens is 479 g/mol. The van der Waals surface area contributed by atoms with Crippen molar-refractivity contribution >= 4 is 41.5 Å². The molecule has 0 radical (unpaired) electrons. The summed E-state index contributed by atoms with van der Waals surface area (Å²) in [5.41, 5.74) is 10.8. The molecule has 33 heavy (non-hydrogen) atoms. The van der Waals surface area contributed by atoms with Crippen molar-refractivity contribution in [2.24, 2.45) is 5.73 Å². The number of ether oxygens (including phenoxy) is 1. The largest absolute Gasteiger partial charge is 0.492 e. The fourth-order valence-electron chi connectivity index (χ4n) is 4.20. The zero-order valence-corrected chi connectivity index (χ0v) is 20.4. The van der Waals surface area contributed by atoms with Gasteiger partial charge in [0.05, 0.1) is 16.6 Å². The summed E-state index contributed by atoms with van der Waals surface area (Å²) < 4.78 is 5.93. The quantitative estimate of drug-likeness (QED) is 0.397. The highest BCUT2D eigenvalue weighted by atomic mass is 35.5. The number of fused-ring (bicyclic) bond motifs is 1. The number of nitrogens with one attached hydrogen (secondary N) is 1. The van der Waals surface area contributed by atoms with E-state index in [4.69, 9.17) is 33.7 Å². The van der Waals surface area contributed by atoms with Crippen LogP contribution in [0.2, 0.25) is 10.0 Å². The van der Waals surface area contributed by atoms with Crippen LogP contribution in [0.25, 0.3) is 0 Å². The highest BCUT2D eigenvalue weighted by molar-refractivity contribution is 6.42. The molecule has 4 nitrogen and oxygen atoms in total. The summed E-state index contributed by atoms with van der Waals surface area (Å²) in [5, 5.41) is 4.00. The van der Waals surface area contributed by atoms with Crippen LogP contribution in [0, 0.1) is 0 Å². The number of halogens is 3. The van der Waals surface area contributed by atoms with Crippen LogP contribution in [0.3, 0.4) is 0 Å². The van der Waals surface area contributed by atoms with Crippen LogP contribution in [0.1, 0.15) is 39.4 Å². The Kier molecular flexibility index (Phi) is 9.04. The Morgan fingerprint density at radius 3 is 2.58 bits per heavy atom. The lowest BCUT2D eigenvalue weighted by Crippen LogP contribution is -2.34. The Morgan fingerprint density at radius 1 is 1.03 bits per heavy atom. The van der Waals surface area contributed by atoms with Crippen LogP contribution in [0.5, 0.6) is 5.75 Å². The maximum Gasteiger partial charge on any atom is 0.251 e. The second kappa shape index (κ2) is 11.8. The van der Waals surface area contributed by atoms with E-state index in [9.17, 15) is 4.79 Å². The molecular formula is C26H27Cl3N2O2. The van der Waals surface area contributed by atoms with Crippen LogP contribution in [-0.4, -0.2) is 25.1 Å². The Balaban J connectivity index is 0.00000306. The number of nitrogens with two attached hydrogens (primary N) is 1. The molecule has 174 valence electrons. The number of benzene rings is 3. The molecule has 4 rings (SSSR count). The van der Waals surface area contributed by atoms with Crippen LogP contribution in [-0.2, 0) is 12.8 Å². The first-order valence-electron chi connectivity index (χ1n) is 10.8. The normalized spacial score (nSPS) is 16.9. The average Bonchev–Trinajstić information content (AvgIpc) is 2.81. The van der Waals surface area contributed by atoms with Crippen LogP contribution in [0.4, 0.5) is 0 Å². The molecule has 2 atom stereocenters. The van der Waals surface area contributed by atoms with Gasteiger partial charge in [0.2, 0.25) is 0 Å². The molecule has 0 saturated carbocycles. The van der Waals surface area contributed by atoms with Gasteiger partial charge in [0.25, 0.3) is 5.91 Å². The third-order valence-corrected chi connectivity index (χ3v) is 6.65. The van der Waals surface area contributed by atoms with E-state index in [0.717, 1.165) is 30.6 Å². The van der Waals surface area contributed by atoms with E-state index in [1.807, 2.05) is 42.5 Å². The summed E-state index contributed by atoms with van der Waals surface area (Å²) >= 11 is 12.3. The van der Waals surface area contributed by atoms with Crippen molar-refractivity contribution in [1.29, 1.82) is 0 Å². The van der Waals surface area contributed by atoms with Gasteiger partial charge in [-0.05, 0) is 72.4 Å². The molecule has 1 aliphatic carbocycles. The van der Waals surface area contributed by atoms with E-state index in [1.165, 1.54) is 11.1 Å². The Morgan fingerprint density at radius 2 is 1.82 bits per heavy atom. The molecule has 0 aromatic heterocycles. The molecule has 3 N–H and O–H groups in total. The molecule has 1 amide bonds. The fraction of sp³-hybridized carbons (Fsp3) is 0.269. The molecule has 0 saturated heterocycles. The molecule has 3 aromatic carbocycles. The van der Waals surface area contributed by atoms with E-state index < -0.39 is 0 Å². The first kappa shape index (κ1) is 25.4. The van der Waals surface area contributed by atoms with Gasteiger partial charge in [-0.25, -0.2) is 0 Å². The lowest BCUT2D eigenvalue weighted by molar-refractivity contribution is 0.0947. The molecule has 0 heterocycles. The van der Waals surface area contributed by atoms with Gasteiger partial charge in [0, 0.05) is 17.5 Å². The summed E-state index contributed by atoms with van der Waals surface area (Å²) in [4.78, 5) is 12.1. The Hall–Kier alpha value is -2.24. The van der Waals surface area contributed by atoms with Crippen LogP contribution in [0.15, 0.2) is 66.7 Å². The standard InChI is InChI=1S/C26H26Cl2N2O2.ClH/c27-23-10-6-17(15-24(23)28)14-22-21-16-20(9-7-18(21)8-11-25(22)29)32-13-12-30-26(31)19-4-2-1-3-5-19;/h1-7,9-10,15-16,22,25H,8,11-14,29H2,(H,30,31);1H. The van der Waals surface area contributed by atoms with Gasteiger partial charge >= 0.3 is 0 Å². The minimum absolute atomic E-state index is 0. The van der Waals surface area contributed by atoms with Crippen molar-refractivity contribution < 1.29 is 9.53 Å². The van der Waals surface area contributed by atoms with Crippen LogP contribution >= 0.6 is 35.6 Å². The minimum atomic E-state index is -0.104. The fourth-order valence-corrected chi connectivity index (χ4v) is 4.52. The summed E-state index contributed by atoms with van der Waals surface area (Å²) in [5.74, 6) is 0.857. The van der Waals surface area contributed by atoms with E-state index in [2.05, 4.69) is 17.4 Å². The summed E-state index contributed by atoms with van der Waals surface area (Å²) in [6.07, 6.45) is 2.70. The molecule has 0 fully saturated rings. The van der Waals surface area contributed by atoms with Crippen LogP contribution < -0.4 is 15.8 Å². The number of carbonyl (C=O) groups is 1. The second-order valence-electron chi connectivity index (χ2n) is 8.09. The lowest BCUT2D eigenvalue weighted by Gasteiger charge is -2.32. The first-order chi connectivity index (χ1) is 15.5. The maximum absolute atomic E-state index is 12.1. The molecule has 2 unspecified atom stereocenters. The van der Waals surface area contributed by atoms with Crippen molar-refractivity contribution in [3.8, 4) is 5.75 Å². The SMILES string of the molecule is Cl.NC1CCc2ccc(OCCNC(=O)c3ccccc3)cc2C1Cc1ccc(Cl)c(Cl)c1.